The fourth-order valence-electron chi connectivity index (χ4n) is 1.74. The van der Waals surface area contributed by atoms with Gasteiger partial charge in [0.25, 0.3) is 0 Å². The minimum absolute atomic E-state index is 0.248. The molecule has 4 nitrogen and oxygen atoms in total. The first kappa shape index (κ1) is 14.7. The quantitative estimate of drug-likeness (QED) is 0.834. The predicted molar refractivity (Wildman–Crippen MR) is 86.8 cm³/mol. The van der Waals surface area contributed by atoms with Gasteiger partial charge >= 0.3 is 0 Å². The molecule has 106 valence electrons. The SMILES string of the molecule is CSc1ccc(Nc2nc(C(C)C)nc(N)c2C)cc1. The molecule has 0 amide bonds. The molecule has 1 heterocycles. The van der Waals surface area contributed by atoms with Gasteiger partial charge in [-0.15, -0.1) is 11.8 Å². The number of benzene rings is 1. The summed E-state index contributed by atoms with van der Waals surface area (Å²) < 4.78 is 0. The summed E-state index contributed by atoms with van der Waals surface area (Å²) in [5.74, 6) is 2.32. The summed E-state index contributed by atoms with van der Waals surface area (Å²) in [6.45, 7) is 6.04. The molecule has 0 aliphatic rings. The van der Waals surface area contributed by atoms with E-state index in [9.17, 15) is 0 Å². The van der Waals surface area contributed by atoms with E-state index < -0.39 is 0 Å². The average molecular weight is 288 g/mol. The van der Waals surface area contributed by atoms with Crippen LogP contribution in [0.15, 0.2) is 29.2 Å². The molecule has 0 bridgehead atoms. The molecule has 3 N–H and O–H groups in total. The van der Waals surface area contributed by atoms with E-state index in [1.54, 1.807) is 11.8 Å². The highest BCUT2D eigenvalue weighted by Gasteiger charge is 2.11. The van der Waals surface area contributed by atoms with Gasteiger partial charge in [-0.25, -0.2) is 9.97 Å². The lowest BCUT2D eigenvalue weighted by Crippen LogP contribution is -2.08. The van der Waals surface area contributed by atoms with Crippen molar-refractivity contribution in [3.8, 4) is 0 Å². The van der Waals surface area contributed by atoms with E-state index in [4.69, 9.17) is 5.73 Å². The van der Waals surface area contributed by atoms with Crippen LogP contribution in [-0.2, 0) is 0 Å². The van der Waals surface area contributed by atoms with Crippen molar-refractivity contribution in [2.24, 2.45) is 0 Å². The molecule has 5 heteroatoms. The van der Waals surface area contributed by atoms with Crippen molar-refractivity contribution >= 4 is 29.1 Å². The maximum Gasteiger partial charge on any atom is 0.139 e. The maximum atomic E-state index is 5.96. The zero-order valence-electron chi connectivity index (χ0n) is 12.3. The second-order valence-electron chi connectivity index (χ2n) is 4.95. The summed E-state index contributed by atoms with van der Waals surface area (Å²) in [7, 11) is 0. The molecule has 0 fully saturated rings. The van der Waals surface area contributed by atoms with Crippen molar-refractivity contribution in [1.29, 1.82) is 0 Å². The molecule has 0 radical (unpaired) electrons. The summed E-state index contributed by atoms with van der Waals surface area (Å²) in [6, 6.07) is 8.24. The largest absolute Gasteiger partial charge is 0.383 e. The molecular weight excluding hydrogens is 268 g/mol. The summed E-state index contributed by atoms with van der Waals surface area (Å²) in [4.78, 5) is 10.1. The number of aromatic nitrogens is 2. The van der Waals surface area contributed by atoms with Crippen LogP contribution >= 0.6 is 11.8 Å². The fourth-order valence-corrected chi connectivity index (χ4v) is 2.15. The van der Waals surface area contributed by atoms with Gasteiger partial charge in [0.1, 0.15) is 17.5 Å². The third-order valence-corrected chi connectivity index (χ3v) is 3.81. The number of nitrogens with zero attached hydrogens (tertiary/aromatic N) is 2. The Balaban J connectivity index is 2.31. The molecule has 0 atom stereocenters. The molecular formula is C15H20N4S. The smallest absolute Gasteiger partial charge is 0.139 e. The molecule has 2 rings (SSSR count). The predicted octanol–water partition coefficient (Wildman–Crippen LogP) is 3.96. The van der Waals surface area contributed by atoms with Crippen LogP contribution in [0.2, 0.25) is 0 Å². The van der Waals surface area contributed by atoms with Gasteiger partial charge in [-0.05, 0) is 37.4 Å². The van der Waals surface area contributed by atoms with Gasteiger partial charge in [0, 0.05) is 22.1 Å². The summed E-state index contributed by atoms with van der Waals surface area (Å²) in [5, 5.41) is 3.32. The first-order valence-corrected chi connectivity index (χ1v) is 7.78. The van der Waals surface area contributed by atoms with Crippen molar-refractivity contribution in [3.05, 3.63) is 35.7 Å². The molecule has 0 spiro atoms. The lowest BCUT2D eigenvalue weighted by molar-refractivity contribution is 0.776. The third kappa shape index (κ3) is 3.22. The van der Waals surface area contributed by atoms with Gasteiger partial charge < -0.3 is 11.1 Å². The van der Waals surface area contributed by atoms with Gasteiger partial charge in [0.15, 0.2) is 0 Å². The van der Waals surface area contributed by atoms with E-state index in [1.165, 1.54) is 4.90 Å². The van der Waals surface area contributed by atoms with Crippen LogP contribution in [0.5, 0.6) is 0 Å². The Hall–Kier alpha value is -1.75. The van der Waals surface area contributed by atoms with Gasteiger partial charge in [-0.2, -0.15) is 0 Å². The number of nitrogens with two attached hydrogens (primary N) is 1. The molecule has 0 aliphatic heterocycles. The van der Waals surface area contributed by atoms with E-state index in [-0.39, 0.29) is 5.92 Å². The van der Waals surface area contributed by atoms with Gasteiger partial charge in [-0.1, -0.05) is 13.8 Å². The number of anilines is 3. The van der Waals surface area contributed by atoms with Gasteiger partial charge in [0.2, 0.25) is 0 Å². The van der Waals surface area contributed by atoms with Crippen LogP contribution in [-0.4, -0.2) is 16.2 Å². The van der Waals surface area contributed by atoms with Crippen molar-refractivity contribution in [2.75, 3.05) is 17.3 Å². The monoisotopic (exact) mass is 288 g/mol. The number of nitrogens with one attached hydrogen (secondary N) is 1. The Kier molecular flexibility index (Phi) is 4.49. The van der Waals surface area contributed by atoms with Crippen molar-refractivity contribution < 1.29 is 0 Å². The van der Waals surface area contributed by atoms with E-state index >= 15 is 0 Å². The summed E-state index contributed by atoms with van der Waals surface area (Å²) in [6.07, 6.45) is 2.06. The van der Waals surface area contributed by atoms with Crippen LogP contribution in [0.25, 0.3) is 0 Å². The van der Waals surface area contributed by atoms with E-state index in [1.807, 2.05) is 19.1 Å². The molecule has 2 aromatic rings. The van der Waals surface area contributed by atoms with Crippen LogP contribution in [0.4, 0.5) is 17.3 Å². The highest BCUT2D eigenvalue weighted by molar-refractivity contribution is 7.98. The minimum Gasteiger partial charge on any atom is -0.383 e. The van der Waals surface area contributed by atoms with Crippen molar-refractivity contribution in [3.63, 3.8) is 0 Å². The molecule has 1 aromatic carbocycles. The van der Waals surface area contributed by atoms with Gasteiger partial charge in [-0.3, -0.25) is 0 Å². The highest BCUT2D eigenvalue weighted by Crippen LogP contribution is 2.25. The molecule has 0 saturated carbocycles. The van der Waals surface area contributed by atoms with Crippen LogP contribution in [0.3, 0.4) is 0 Å². The lowest BCUT2D eigenvalue weighted by Gasteiger charge is -2.13. The first-order chi connectivity index (χ1) is 9.51. The van der Waals surface area contributed by atoms with Crippen LogP contribution < -0.4 is 11.1 Å². The minimum atomic E-state index is 0.248. The number of nitrogen functional groups attached to an aromatic ring is 1. The Morgan fingerprint density at radius 1 is 1.15 bits per heavy atom. The number of hydrogen-bond donors (Lipinski definition) is 2. The van der Waals surface area contributed by atoms with Crippen LogP contribution in [0, 0.1) is 6.92 Å². The Labute approximate surface area is 124 Å². The molecule has 0 unspecified atom stereocenters. The fraction of sp³-hybridized carbons (Fsp3) is 0.333. The zero-order valence-corrected chi connectivity index (χ0v) is 13.1. The number of rotatable bonds is 4. The van der Waals surface area contributed by atoms with Crippen LogP contribution in [0.1, 0.15) is 31.2 Å². The summed E-state index contributed by atoms with van der Waals surface area (Å²) in [5.41, 5.74) is 7.84. The first-order valence-electron chi connectivity index (χ1n) is 6.56. The zero-order chi connectivity index (χ0) is 14.7. The van der Waals surface area contributed by atoms with E-state index in [2.05, 4.69) is 47.5 Å². The molecule has 20 heavy (non-hydrogen) atoms. The van der Waals surface area contributed by atoms with E-state index in [0.29, 0.717) is 5.82 Å². The second kappa shape index (κ2) is 6.13. The van der Waals surface area contributed by atoms with Crippen molar-refractivity contribution in [1.82, 2.24) is 9.97 Å². The molecule has 0 aliphatic carbocycles. The topological polar surface area (TPSA) is 63.8 Å². The Bertz CT molecular complexity index is 594. The van der Waals surface area contributed by atoms with Gasteiger partial charge in [0.05, 0.1) is 0 Å². The maximum absolute atomic E-state index is 5.96. The number of thioether (sulfide) groups is 1. The van der Waals surface area contributed by atoms with Crippen molar-refractivity contribution in [2.45, 2.75) is 31.6 Å². The number of hydrogen-bond acceptors (Lipinski definition) is 5. The summed E-state index contributed by atoms with van der Waals surface area (Å²) >= 11 is 1.72. The Morgan fingerprint density at radius 2 is 1.80 bits per heavy atom. The highest BCUT2D eigenvalue weighted by atomic mass is 32.2. The normalized spacial score (nSPS) is 10.8. The lowest BCUT2D eigenvalue weighted by atomic mass is 10.2. The average Bonchev–Trinajstić information content (AvgIpc) is 2.44. The Morgan fingerprint density at radius 3 is 2.35 bits per heavy atom. The van der Waals surface area contributed by atoms with E-state index in [0.717, 1.165) is 22.9 Å². The second-order valence-corrected chi connectivity index (χ2v) is 5.83. The molecule has 0 saturated heterocycles. The molecule has 1 aromatic heterocycles. The standard InChI is InChI=1S/C15H20N4S/c1-9(2)14-18-13(16)10(3)15(19-14)17-11-5-7-12(20-4)8-6-11/h5-9H,1-4H3,(H3,16,17,18,19). The third-order valence-electron chi connectivity index (χ3n) is 3.07.